The normalized spacial score (nSPS) is 20.2. The van der Waals surface area contributed by atoms with Gasteiger partial charge in [-0.3, -0.25) is 4.79 Å². The third-order valence-corrected chi connectivity index (χ3v) is 4.71. The molecular formula is C21H26N2O2. The van der Waals surface area contributed by atoms with Gasteiger partial charge < -0.3 is 15.8 Å². The highest BCUT2D eigenvalue weighted by Gasteiger charge is 2.19. The Balaban J connectivity index is 1.58. The fraction of sp³-hybridized carbons (Fsp3) is 0.381. The van der Waals surface area contributed by atoms with Gasteiger partial charge in [-0.1, -0.05) is 38.0 Å². The number of amides is 1. The molecule has 2 aromatic rings. The van der Waals surface area contributed by atoms with E-state index < -0.39 is 0 Å². The van der Waals surface area contributed by atoms with E-state index >= 15 is 0 Å². The zero-order valence-electron chi connectivity index (χ0n) is 14.7. The van der Waals surface area contributed by atoms with Crippen molar-refractivity contribution in [2.24, 2.45) is 5.92 Å². The summed E-state index contributed by atoms with van der Waals surface area (Å²) in [6.45, 7) is 2.88. The molecule has 2 aromatic carbocycles. The second-order valence-corrected chi connectivity index (χ2v) is 6.98. The molecule has 2 unspecified atom stereocenters. The standard InChI is InChI=1S/C21H26N2O2/c1-15-5-2-10-20(11-15)25-14-16-6-3-9-19(12-16)23-21(24)17-7-4-8-18(22)13-17/h3-4,6-9,12-13,15,20H,2,5,10-11,14,22H2,1H3,(H,23,24). The van der Waals surface area contributed by atoms with Crippen LogP contribution in [0.25, 0.3) is 0 Å². The highest BCUT2D eigenvalue weighted by molar-refractivity contribution is 6.04. The van der Waals surface area contributed by atoms with E-state index in [2.05, 4.69) is 12.2 Å². The number of hydrogen-bond donors (Lipinski definition) is 2. The van der Waals surface area contributed by atoms with Crippen LogP contribution in [0.5, 0.6) is 0 Å². The maximum Gasteiger partial charge on any atom is 0.255 e. The number of nitrogens with two attached hydrogens (primary N) is 1. The number of carbonyl (C=O) groups excluding carboxylic acids is 1. The van der Waals surface area contributed by atoms with Crippen LogP contribution < -0.4 is 11.1 Å². The third-order valence-electron chi connectivity index (χ3n) is 4.71. The molecule has 3 N–H and O–H groups in total. The van der Waals surface area contributed by atoms with E-state index in [1.165, 1.54) is 12.8 Å². The minimum Gasteiger partial charge on any atom is -0.399 e. The summed E-state index contributed by atoms with van der Waals surface area (Å²) < 4.78 is 6.07. The predicted molar refractivity (Wildman–Crippen MR) is 101 cm³/mol. The summed E-state index contributed by atoms with van der Waals surface area (Å²) in [7, 11) is 0. The summed E-state index contributed by atoms with van der Waals surface area (Å²) in [5, 5.41) is 2.92. The molecule has 25 heavy (non-hydrogen) atoms. The fourth-order valence-corrected chi connectivity index (χ4v) is 3.37. The summed E-state index contributed by atoms with van der Waals surface area (Å²) in [6, 6.07) is 14.8. The summed E-state index contributed by atoms with van der Waals surface area (Å²) in [4.78, 5) is 12.3. The molecule has 0 aliphatic heterocycles. The molecule has 3 rings (SSSR count). The predicted octanol–water partition coefficient (Wildman–Crippen LogP) is 4.62. The van der Waals surface area contributed by atoms with Crippen LogP contribution in [0.2, 0.25) is 0 Å². The van der Waals surface area contributed by atoms with E-state index in [1.54, 1.807) is 24.3 Å². The highest BCUT2D eigenvalue weighted by atomic mass is 16.5. The summed E-state index contributed by atoms with van der Waals surface area (Å²) >= 11 is 0. The van der Waals surface area contributed by atoms with E-state index in [-0.39, 0.29) is 5.91 Å². The van der Waals surface area contributed by atoms with Gasteiger partial charge >= 0.3 is 0 Å². The van der Waals surface area contributed by atoms with Crippen LogP contribution >= 0.6 is 0 Å². The molecule has 1 aliphatic carbocycles. The van der Waals surface area contributed by atoms with Gasteiger partial charge in [-0.25, -0.2) is 0 Å². The third kappa shape index (κ3) is 5.07. The minimum atomic E-state index is -0.161. The number of anilines is 2. The van der Waals surface area contributed by atoms with E-state index in [0.717, 1.165) is 30.0 Å². The van der Waals surface area contributed by atoms with Crippen LogP contribution in [0.4, 0.5) is 11.4 Å². The average Bonchev–Trinajstić information content (AvgIpc) is 2.60. The zero-order valence-corrected chi connectivity index (χ0v) is 14.7. The van der Waals surface area contributed by atoms with Crippen molar-refractivity contribution in [1.82, 2.24) is 0 Å². The maximum absolute atomic E-state index is 12.3. The first kappa shape index (κ1) is 17.5. The number of hydrogen-bond acceptors (Lipinski definition) is 3. The SMILES string of the molecule is CC1CCCC(OCc2cccc(NC(=O)c3cccc(N)c3)c2)C1. The molecular weight excluding hydrogens is 312 g/mol. The molecule has 0 heterocycles. The van der Waals surface area contributed by atoms with Crippen molar-refractivity contribution < 1.29 is 9.53 Å². The molecule has 0 aromatic heterocycles. The maximum atomic E-state index is 12.3. The van der Waals surface area contributed by atoms with Crippen molar-refractivity contribution in [1.29, 1.82) is 0 Å². The van der Waals surface area contributed by atoms with E-state index in [1.807, 2.05) is 24.3 Å². The van der Waals surface area contributed by atoms with Gasteiger partial charge in [0, 0.05) is 16.9 Å². The molecule has 132 valence electrons. The van der Waals surface area contributed by atoms with Crippen molar-refractivity contribution >= 4 is 17.3 Å². The zero-order chi connectivity index (χ0) is 17.6. The van der Waals surface area contributed by atoms with E-state index in [4.69, 9.17) is 10.5 Å². The number of carbonyl (C=O) groups is 1. The van der Waals surface area contributed by atoms with Crippen LogP contribution in [-0.4, -0.2) is 12.0 Å². The van der Waals surface area contributed by atoms with E-state index in [9.17, 15) is 4.79 Å². The quantitative estimate of drug-likeness (QED) is 0.782. The Bertz CT molecular complexity index is 729. The molecule has 2 atom stereocenters. The second-order valence-electron chi connectivity index (χ2n) is 6.98. The molecule has 4 nitrogen and oxygen atoms in total. The van der Waals surface area contributed by atoms with Crippen molar-refractivity contribution in [2.45, 2.75) is 45.3 Å². The lowest BCUT2D eigenvalue weighted by molar-refractivity contribution is 0.00468. The Hall–Kier alpha value is -2.33. The van der Waals surface area contributed by atoms with Gasteiger partial charge in [0.25, 0.3) is 5.91 Å². The van der Waals surface area contributed by atoms with Crippen molar-refractivity contribution in [3.63, 3.8) is 0 Å². The van der Waals surface area contributed by atoms with Crippen LogP contribution in [0, 0.1) is 5.92 Å². The van der Waals surface area contributed by atoms with Gasteiger partial charge in [0.2, 0.25) is 0 Å². The minimum absolute atomic E-state index is 0.161. The second kappa shape index (κ2) is 8.17. The molecule has 1 aliphatic rings. The van der Waals surface area contributed by atoms with Gasteiger partial charge in [0.15, 0.2) is 0 Å². The Morgan fingerprint density at radius 1 is 1.20 bits per heavy atom. The molecule has 0 radical (unpaired) electrons. The monoisotopic (exact) mass is 338 g/mol. The number of nitrogens with one attached hydrogen (secondary N) is 1. The van der Waals surface area contributed by atoms with Gasteiger partial charge in [-0.05, 0) is 54.7 Å². The first-order valence-electron chi connectivity index (χ1n) is 8.97. The smallest absolute Gasteiger partial charge is 0.255 e. The Morgan fingerprint density at radius 3 is 2.84 bits per heavy atom. The molecule has 4 heteroatoms. The lowest BCUT2D eigenvalue weighted by Gasteiger charge is -2.26. The summed E-state index contributed by atoms with van der Waals surface area (Å²) in [5.41, 5.74) is 8.71. The number of benzene rings is 2. The van der Waals surface area contributed by atoms with Crippen LogP contribution in [0.3, 0.4) is 0 Å². The van der Waals surface area contributed by atoms with Gasteiger partial charge in [-0.2, -0.15) is 0 Å². The first-order valence-corrected chi connectivity index (χ1v) is 8.97. The van der Waals surface area contributed by atoms with Crippen LogP contribution in [0.1, 0.15) is 48.5 Å². The van der Waals surface area contributed by atoms with Crippen LogP contribution in [-0.2, 0) is 11.3 Å². The molecule has 0 bridgehead atoms. The fourth-order valence-electron chi connectivity index (χ4n) is 3.37. The van der Waals surface area contributed by atoms with Crippen molar-refractivity contribution in [3.05, 3.63) is 59.7 Å². The van der Waals surface area contributed by atoms with E-state index in [0.29, 0.717) is 24.0 Å². The van der Waals surface area contributed by atoms with Gasteiger partial charge in [0.05, 0.1) is 12.7 Å². The number of ether oxygens (including phenoxy) is 1. The molecule has 0 saturated heterocycles. The molecule has 0 spiro atoms. The Kier molecular flexibility index (Phi) is 5.71. The van der Waals surface area contributed by atoms with Crippen molar-refractivity contribution in [2.75, 3.05) is 11.1 Å². The topological polar surface area (TPSA) is 64.3 Å². The van der Waals surface area contributed by atoms with Crippen LogP contribution in [0.15, 0.2) is 48.5 Å². The van der Waals surface area contributed by atoms with Crippen molar-refractivity contribution in [3.8, 4) is 0 Å². The number of nitrogen functional groups attached to an aromatic ring is 1. The molecule has 1 amide bonds. The molecule has 1 saturated carbocycles. The lowest BCUT2D eigenvalue weighted by Crippen LogP contribution is -2.21. The van der Waals surface area contributed by atoms with Gasteiger partial charge in [0.1, 0.15) is 0 Å². The number of rotatable bonds is 5. The highest BCUT2D eigenvalue weighted by Crippen LogP contribution is 2.26. The Labute approximate surface area is 149 Å². The average molecular weight is 338 g/mol. The molecule has 1 fully saturated rings. The lowest BCUT2D eigenvalue weighted by atomic mass is 9.89. The largest absolute Gasteiger partial charge is 0.399 e. The first-order chi connectivity index (χ1) is 12.1. The summed E-state index contributed by atoms with van der Waals surface area (Å²) in [5.74, 6) is 0.592. The Morgan fingerprint density at radius 2 is 2.04 bits per heavy atom. The van der Waals surface area contributed by atoms with Gasteiger partial charge in [-0.15, -0.1) is 0 Å². The summed E-state index contributed by atoms with van der Waals surface area (Å²) in [6.07, 6.45) is 5.21.